The van der Waals surface area contributed by atoms with Crippen molar-refractivity contribution in [3.05, 3.63) is 0 Å². The van der Waals surface area contributed by atoms with Gasteiger partial charge in [-0.2, -0.15) is 5.82 Å². The first-order valence-electron chi connectivity index (χ1n) is 2.20. The second-order valence-electron chi connectivity index (χ2n) is 1.23. The third-order valence-electron chi connectivity index (χ3n) is 0.528. The van der Waals surface area contributed by atoms with Crippen molar-refractivity contribution in [2.24, 2.45) is 0 Å². The molecular weight excluding hydrogens is 101 g/mol. The molecule has 0 aromatic carbocycles. The fourth-order valence-corrected chi connectivity index (χ4v) is 0.220. The van der Waals surface area contributed by atoms with Crippen LogP contribution in [0.5, 0.6) is 0 Å². The molecule has 0 unspecified atom stereocenters. The van der Waals surface area contributed by atoms with Gasteiger partial charge in [0.05, 0.1) is 6.54 Å². The molecule has 2 radical (unpaired) electrons. The first-order valence-corrected chi connectivity index (χ1v) is 2.20. The van der Waals surface area contributed by atoms with E-state index in [0.29, 0.717) is 6.54 Å². The maximum Gasteiger partial charge on any atom is 0.217 e. The Balaban J connectivity index is 3.14. The van der Waals surface area contributed by atoms with Gasteiger partial charge < -0.3 is 5.32 Å². The first kappa shape index (κ1) is 7.09. The summed E-state index contributed by atoms with van der Waals surface area (Å²) in [5, 5.41) is 2.45. The quantitative estimate of drug-likeness (QED) is 0.346. The Morgan fingerprint density at radius 3 is 2.88 bits per heavy atom. The molecule has 0 aliphatic heterocycles. The Morgan fingerprint density at radius 2 is 2.50 bits per heavy atom. The maximum absolute atomic E-state index is 10.1. The molecule has 0 aromatic heterocycles. The average Bonchev–Trinajstić information content (AvgIpc) is 1.66. The van der Waals surface area contributed by atoms with E-state index in [1.54, 1.807) is 0 Å². The van der Waals surface area contributed by atoms with E-state index in [1.165, 1.54) is 6.92 Å². The van der Waals surface area contributed by atoms with Crippen molar-refractivity contribution in [2.75, 3.05) is 6.54 Å². The highest BCUT2D eigenvalue weighted by atomic mass is 16.1. The Morgan fingerprint density at radius 1 is 1.88 bits per heavy atom. The highest BCUT2D eigenvalue weighted by Crippen LogP contribution is 1.56. The van der Waals surface area contributed by atoms with E-state index in [2.05, 4.69) is 17.1 Å². The van der Waals surface area contributed by atoms with Crippen LogP contribution in [-0.4, -0.2) is 20.3 Å². The molecule has 40 valence electrons. The van der Waals surface area contributed by atoms with Gasteiger partial charge >= 0.3 is 0 Å². The Kier molecular flexibility index (Phi) is 3.78. The Labute approximate surface area is 50.1 Å². The van der Waals surface area contributed by atoms with E-state index in [-0.39, 0.29) is 5.91 Å². The molecule has 0 spiro atoms. The molecular formula is C5H6BNO. The van der Waals surface area contributed by atoms with E-state index in [0.717, 1.165) is 0 Å². The van der Waals surface area contributed by atoms with Crippen molar-refractivity contribution in [2.45, 2.75) is 6.92 Å². The topological polar surface area (TPSA) is 29.1 Å². The lowest BCUT2D eigenvalue weighted by atomic mass is 10.2. The van der Waals surface area contributed by atoms with Crippen LogP contribution in [0.25, 0.3) is 0 Å². The Hall–Kier alpha value is -0.905. The van der Waals surface area contributed by atoms with Gasteiger partial charge in [0.25, 0.3) is 0 Å². The lowest BCUT2D eigenvalue weighted by Crippen LogP contribution is -2.19. The van der Waals surface area contributed by atoms with E-state index in [4.69, 9.17) is 7.85 Å². The number of rotatable bonds is 1. The summed E-state index contributed by atoms with van der Waals surface area (Å²) in [5.41, 5.74) is 0. The zero-order valence-corrected chi connectivity index (χ0v) is 4.69. The van der Waals surface area contributed by atoms with Crippen molar-refractivity contribution < 1.29 is 4.79 Å². The number of hydrogen-bond acceptors (Lipinski definition) is 1. The van der Waals surface area contributed by atoms with E-state index in [9.17, 15) is 4.79 Å². The zero-order chi connectivity index (χ0) is 6.41. The molecule has 1 amide bonds. The molecule has 0 saturated heterocycles. The van der Waals surface area contributed by atoms with Gasteiger partial charge in [-0.05, 0) is 0 Å². The van der Waals surface area contributed by atoms with Gasteiger partial charge in [0.2, 0.25) is 5.91 Å². The average molecular weight is 107 g/mol. The number of hydrogen-bond donors (Lipinski definition) is 1. The van der Waals surface area contributed by atoms with E-state index >= 15 is 0 Å². The lowest BCUT2D eigenvalue weighted by Gasteiger charge is -1.89. The summed E-state index contributed by atoms with van der Waals surface area (Å²) < 4.78 is 0. The molecule has 0 saturated carbocycles. The minimum atomic E-state index is -0.0900. The molecule has 0 atom stereocenters. The lowest BCUT2D eigenvalue weighted by molar-refractivity contribution is -0.118. The largest absolute Gasteiger partial charge is 0.345 e. The molecule has 3 heteroatoms. The van der Waals surface area contributed by atoms with Crippen LogP contribution in [0.2, 0.25) is 0 Å². The van der Waals surface area contributed by atoms with Gasteiger partial charge in [-0.25, -0.2) is 0 Å². The van der Waals surface area contributed by atoms with Gasteiger partial charge in [-0.3, -0.25) is 4.79 Å². The van der Waals surface area contributed by atoms with Crippen LogP contribution < -0.4 is 5.32 Å². The summed E-state index contributed by atoms with van der Waals surface area (Å²) in [5.74, 6) is 4.54. The standard InChI is InChI=1S/C5H6BNO/c1-5(8)7-4-2-3-6/h4H2,1H3,(H,7,8). The number of carbonyl (C=O) groups is 1. The van der Waals surface area contributed by atoms with E-state index in [1.807, 2.05) is 0 Å². The summed E-state index contributed by atoms with van der Waals surface area (Å²) in [7, 11) is 4.80. The maximum atomic E-state index is 10.1. The summed E-state index contributed by atoms with van der Waals surface area (Å²) in [6, 6.07) is 0. The number of carbonyl (C=O) groups excluding carboxylic acids is 1. The van der Waals surface area contributed by atoms with Crippen LogP contribution in [0.15, 0.2) is 0 Å². The fourth-order valence-electron chi connectivity index (χ4n) is 0.220. The molecule has 0 aromatic rings. The third-order valence-corrected chi connectivity index (χ3v) is 0.528. The fraction of sp³-hybridized carbons (Fsp3) is 0.400. The van der Waals surface area contributed by atoms with Crippen LogP contribution >= 0.6 is 0 Å². The minimum absolute atomic E-state index is 0.0900. The van der Waals surface area contributed by atoms with Gasteiger partial charge in [0, 0.05) is 6.92 Å². The van der Waals surface area contributed by atoms with Crippen molar-refractivity contribution in [1.29, 1.82) is 0 Å². The predicted octanol–water partition coefficient (Wildman–Crippen LogP) is -0.748. The predicted molar refractivity (Wildman–Crippen MR) is 32.2 cm³/mol. The van der Waals surface area contributed by atoms with Crippen molar-refractivity contribution in [1.82, 2.24) is 5.32 Å². The molecule has 0 aliphatic carbocycles. The second kappa shape index (κ2) is 4.26. The smallest absolute Gasteiger partial charge is 0.217 e. The molecule has 2 nitrogen and oxygen atoms in total. The van der Waals surface area contributed by atoms with Crippen molar-refractivity contribution in [3.8, 4) is 11.7 Å². The van der Waals surface area contributed by atoms with Gasteiger partial charge in [-0.15, -0.1) is 0 Å². The SMILES string of the molecule is [B]C#CCNC(C)=O. The second-order valence-corrected chi connectivity index (χ2v) is 1.23. The third kappa shape index (κ3) is 5.09. The molecule has 0 fully saturated rings. The van der Waals surface area contributed by atoms with Crippen molar-refractivity contribution in [3.63, 3.8) is 0 Å². The summed E-state index contributed by atoms with van der Waals surface area (Å²) >= 11 is 0. The number of amides is 1. The molecule has 0 heterocycles. The molecule has 1 N–H and O–H groups in total. The van der Waals surface area contributed by atoms with Crippen LogP contribution in [0.1, 0.15) is 6.92 Å². The first-order chi connectivity index (χ1) is 3.77. The van der Waals surface area contributed by atoms with Crippen LogP contribution in [0.4, 0.5) is 0 Å². The van der Waals surface area contributed by atoms with Gasteiger partial charge in [0.15, 0.2) is 7.85 Å². The monoisotopic (exact) mass is 107 g/mol. The summed E-state index contributed by atoms with van der Waals surface area (Å²) in [4.78, 5) is 10.1. The van der Waals surface area contributed by atoms with Crippen LogP contribution in [0, 0.1) is 11.7 Å². The molecule has 0 aliphatic rings. The summed E-state index contributed by atoms with van der Waals surface area (Å²) in [6.07, 6.45) is 0. The minimum Gasteiger partial charge on any atom is -0.345 e. The normalized spacial score (nSPS) is 6.62. The van der Waals surface area contributed by atoms with E-state index < -0.39 is 0 Å². The van der Waals surface area contributed by atoms with Crippen molar-refractivity contribution >= 4 is 13.8 Å². The number of nitrogens with one attached hydrogen (secondary N) is 1. The summed E-state index contributed by atoms with van der Waals surface area (Å²) in [6.45, 7) is 1.77. The van der Waals surface area contributed by atoms with Gasteiger partial charge in [0.1, 0.15) is 0 Å². The highest BCUT2D eigenvalue weighted by molar-refractivity contribution is 6.22. The van der Waals surface area contributed by atoms with Crippen LogP contribution in [-0.2, 0) is 4.79 Å². The zero-order valence-electron chi connectivity index (χ0n) is 4.69. The Bertz CT molecular complexity index is 133. The molecule has 0 rings (SSSR count). The van der Waals surface area contributed by atoms with Crippen LogP contribution in [0.3, 0.4) is 0 Å². The molecule has 8 heavy (non-hydrogen) atoms. The highest BCUT2D eigenvalue weighted by Gasteiger charge is 1.81. The molecule has 0 bridgehead atoms. The van der Waals surface area contributed by atoms with Gasteiger partial charge in [-0.1, -0.05) is 5.92 Å².